The van der Waals surface area contributed by atoms with Crippen LogP contribution in [0.3, 0.4) is 0 Å². The van der Waals surface area contributed by atoms with Crippen molar-refractivity contribution in [2.24, 2.45) is 5.92 Å². The van der Waals surface area contributed by atoms with Gasteiger partial charge in [0.2, 0.25) is 0 Å². The zero-order chi connectivity index (χ0) is 17.5. The fraction of sp³-hybridized carbons (Fsp3) is 0.727. The van der Waals surface area contributed by atoms with E-state index in [1.165, 1.54) is 62.7 Å². The van der Waals surface area contributed by atoms with Crippen LogP contribution in [0.5, 0.6) is 11.5 Å². The minimum absolute atomic E-state index is 0.138. The van der Waals surface area contributed by atoms with Crippen molar-refractivity contribution in [3.63, 3.8) is 0 Å². The highest BCUT2D eigenvalue weighted by atomic mass is 16.5. The summed E-state index contributed by atoms with van der Waals surface area (Å²) in [6.07, 6.45) is 9.14. The molecule has 3 aliphatic heterocycles. The zero-order valence-corrected chi connectivity index (χ0v) is 15.8. The average Bonchev–Trinajstić information content (AvgIpc) is 3.02. The highest BCUT2D eigenvalue weighted by Gasteiger charge is 2.65. The summed E-state index contributed by atoms with van der Waals surface area (Å²) in [5.74, 6) is 1.88. The minimum atomic E-state index is 0.138. The van der Waals surface area contributed by atoms with Crippen LogP contribution in [0, 0.1) is 5.92 Å². The van der Waals surface area contributed by atoms with E-state index in [4.69, 9.17) is 4.74 Å². The van der Waals surface area contributed by atoms with Crippen molar-refractivity contribution in [1.82, 2.24) is 9.80 Å². The number of aromatic hydroxyl groups is 1. The van der Waals surface area contributed by atoms with E-state index in [1.807, 2.05) is 6.07 Å². The number of hydrogen-bond acceptors (Lipinski definition) is 4. The second-order valence-corrected chi connectivity index (χ2v) is 9.38. The normalized spacial score (nSPS) is 41.6. The predicted molar refractivity (Wildman–Crippen MR) is 101 cm³/mol. The van der Waals surface area contributed by atoms with Gasteiger partial charge >= 0.3 is 0 Å². The molecule has 2 aliphatic carbocycles. The Morgan fingerprint density at radius 3 is 2.77 bits per heavy atom. The van der Waals surface area contributed by atoms with Crippen LogP contribution in [0.25, 0.3) is 0 Å². The van der Waals surface area contributed by atoms with E-state index in [9.17, 15) is 5.11 Å². The van der Waals surface area contributed by atoms with Gasteiger partial charge in [-0.1, -0.05) is 12.5 Å². The second-order valence-electron chi connectivity index (χ2n) is 9.38. The van der Waals surface area contributed by atoms with Gasteiger partial charge < -0.3 is 14.7 Å². The quantitative estimate of drug-likeness (QED) is 0.841. The standard InChI is InChI=1S/C22H30N2O2/c1-23-12-9-22-15-6-7-16(24-10-3-2-4-11-24)21(22)26-20-18(25)8-5-14(19(20)22)13-17(15)23/h5,8,15-17,21,25H,2-4,6-7,9-13H2,1H3/t15-,16-,17+,21-,22-/m0/s1. The van der Waals surface area contributed by atoms with Gasteiger partial charge in [-0.25, -0.2) is 0 Å². The third-order valence-corrected chi connectivity index (χ3v) is 8.42. The van der Waals surface area contributed by atoms with Gasteiger partial charge in [-0.2, -0.15) is 0 Å². The summed E-state index contributed by atoms with van der Waals surface area (Å²) in [6.45, 7) is 3.61. The van der Waals surface area contributed by atoms with Crippen LogP contribution in [0.15, 0.2) is 12.1 Å². The van der Waals surface area contributed by atoms with E-state index in [0.29, 0.717) is 23.8 Å². The maximum Gasteiger partial charge on any atom is 0.165 e. The molecule has 1 saturated carbocycles. The third-order valence-electron chi connectivity index (χ3n) is 8.42. The number of rotatable bonds is 1. The van der Waals surface area contributed by atoms with Crippen LogP contribution in [0.1, 0.15) is 49.7 Å². The molecule has 6 rings (SSSR count). The van der Waals surface area contributed by atoms with Gasteiger partial charge in [-0.3, -0.25) is 4.90 Å². The molecule has 1 aromatic carbocycles. The topological polar surface area (TPSA) is 35.9 Å². The van der Waals surface area contributed by atoms with Gasteiger partial charge in [0, 0.05) is 23.1 Å². The number of ether oxygens (including phenoxy) is 1. The number of benzene rings is 1. The Kier molecular flexibility index (Phi) is 3.27. The van der Waals surface area contributed by atoms with Gasteiger partial charge in [0.15, 0.2) is 11.5 Å². The highest BCUT2D eigenvalue weighted by Crippen LogP contribution is 2.64. The largest absolute Gasteiger partial charge is 0.504 e. The number of phenolic OH excluding ortho intramolecular Hbond substituents is 1. The van der Waals surface area contributed by atoms with Crippen molar-refractivity contribution in [2.75, 3.05) is 26.7 Å². The Bertz CT molecular complexity index is 744. The number of nitrogens with zero attached hydrogens (tertiary/aromatic N) is 2. The molecule has 0 amide bonds. The third kappa shape index (κ3) is 1.83. The molecule has 0 unspecified atom stereocenters. The maximum absolute atomic E-state index is 10.6. The lowest BCUT2D eigenvalue weighted by molar-refractivity contribution is -0.0855. The van der Waals surface area contributed by atoms with Crippen molar-refractivity contribution < 1.29 is 9.84 Å². The first kappa shape index (κ1) is 15.8. The smallest absolute Gasteiger partial charge is 0.165 e. The first-order chi connectivity index (χ1) is 12.7. The van der Waals surface area contributed by atoms with Crippen LogP contribution >= 0.6 is 0 Å². The molecule has 1 N–H and O–H groups in total. The van der Waals surface area contributed by atoms with Crippen LogP contribution in [0.4, 0.5) is 0 Å². The lowest BCUT2D eigenvalue weighted by Crippen LogP contribution is -2.68. The summed E-state index contributed by atoms with van der Waals surface area (Å²) in [4.78, 5) is 5.33. The molecule has 5 aliphatic rings. The molecule has 140 valence electrons. The number of hydrogen-bond donors (Lipinski definition) is 1. The first-order valence-electron chi connectivity index (χ1n) is 10.7. The summed E-state index contributed by atoms with van der Waals surface area (Å²) < 4.78 is 6.70. The summed E-state index contributed by atoms with van der Waals surface area (Å²) in [7, 11) is 2.31. The van der Waals surface area contributed by atoms with Crippen molar-refractivity contribution in [1.29, 1.82) is 0 Å². The van der Waals surface area contributed by atoms with Crippen molar-refractivity contribution in [2.45, 2.75) is 68.5 Å². The predicted octanol–water partition coefficient (Wildman–Crippen LogP) is 2.92. The van der Waals surface area contributed by atoms with Crippen molar-refractivity contribution >= 4 is 0 Å². The molecule has 2 bridgehead atoms. The number of likely N-dealkylation sites (N-methyl/N-ethyl adjacent to an activating group) is 1. The molecule has 1 aromatic rings. The monoisotopic (exact) mass is 354 g/mol. The van der Waals surface area contributed by atoms with E-state index < -0.39 is 0 Å². The van der Waals surface area contributed by atoms with Gasteiger partial charge in [0.05, 0.1) is 0 Å². The Labute approximate surface area is 156 Å². The van der Waals surface area contributed by atoms with Crippen LogP contribution in [0.2, 0.25) is 0 Å². The molecule has 3 fully saturated rings. The summed E-state index contributed by atoms with van der Waals surface area (Å²) >= 11 is 0. The fourth-order valence-electron chi connectivity index (χ4n) is 7.33. The molecule has 2 saturated heterocycles. The molecule has 4 nitrogen and oxygen atoms in total. The van der Waals surface area contributed by atoms with Crippen molar-refractivity contribution in [3.8, 4) is 11.5 Å². The minimum Gasteiger partial charge on any atom is -0.504 e. The summed E-state index contributed by atoms with van der Waals surface area (Å²) in [5, 5.41) is 10.6. The van der Waals surface area contributed by atoms with Gasteiger partial charge in [-0.15, -0.1) is 0 Å². The molecule has 0 aromatic heterocycles. The zero-order valence-electron chi connectivity index (χ0n) is 15.8. The van der Waals surface area contributed by atoms with E-state index in [0.717, 1.165) is 18.7 Å². The fourth-order valence-corrected chi connectivity index (χ4v) is 7.33. The lowest BCUT2D eigenvalue weighted by Gasteiger charge is -2.60. The molecular weight excluding hydrogens is 324 g/mol. The van der Waals surface area contributed by atoms with Gasteiger partial charge in [0.1, 0.15) is 6.10 Å². The van der Waals surface area contributed by atoms with E-state index >= 15 is 0 Å². The molecule has 0 radical (unpaired) electrons. The summed E-state index contributed by atoms with van der Waals surface area (Å²) in [5.41, 5.74) is 2.98. The van der Waals surface area contributed by atoms with E-state index in [2.05, 4.69) is 22.9 Å². The van der Waals surface area contributed by atoms with Crippen LogP contribution in [-0.4, -0.2) is 59.8 Å². The molecule has 1 spiro atoms. The molecule has 3 heterocycles. The highest BCUT2D eigenvalue weighted by molar-refractivity contribution is 5.60. The SMILES string of the molecule is CN1CC[C@]23c4c5ccc(O)c4O[C@H]2[C@@H](N2CCCCC2)CC[C@H]3[C@H]1C5. The van der Waals surface area contributed by atoms with Gasteiger partial charge in [-0.05, 0) is 82.8 Å². The molecule has 5 atom stereocenters. The number of phenols is 1. The van der Waals surface area contributed by atoms with Crippen LogP contribution < -0.4 is 4.74 Å². The number of likely N-dealkylation sites (tertiary alicyclic amines) is 2. The van der Waals surface area contributed by atoms with Gasteiger partial charge in [0.25, 0.3) is 0 Å². The first-order valence-corrected chi connectivity index (χ1v) is 10.7. The Hall–Kier alpha value is -1.26. The van der Waals surface area contributed by atoms with E-state index in [-0.39, 0.29) is 11.5 Å². The lowest BCUT2D eigenvalue weighted by atomic mass is 9.51. The Morgan fingerprint density at radius 1 is 1.08 bits per heavy atom. The molecule has 4 heteroatoms. The molecular formula is C22H30N2O2. The average molecular weight is 354 g/mol. The Balaban J connectivity index is 1.51. The Morgan fingerprint density at radius 2 is 1.92 bits per heavy atom. The van der Waals surface area contributed by atoms with Crippen molar-refractivity contribution in [3.05, 3.63) is 23.3 Å². The maximum atomic E-state index is 10.6. The van der Waals surface area contributed by atoms with Crippen LogP contribution in [-0.2, 0) is 11.8 Å². The second kappa shape index (κ2) is 5.39. The molecule has 26 heavy (non-hydrogen) atoms. The number of piperidine rings is 2. The van der Waals surface area contributed by atoms with E-state index in [1.54, 1.807) is 0 Å². The summed E-state index contributed by atoms with van der Waals surface area (Å²) in [6, 6.07) is 5.20.